The van der Waals surface area contributed by atoms with Gasteiger partial charge < -0.3 is 0 Å². The number of hydrogen-bond acceptors (Lipinski definition) is 0. The molecule has 1 heteroatoms. The van der Waals surface area contributed by atoms with Crippen LogP contribution in [0.4, 0.5) is 0 Å². The Morgan fingerprint density at radius 2 is 2.80 bits per heavy atom. The molecule has 0 bridgehead atoms. The van der Waals surface area contributed by atoms with Crippen molar-refractivity contribution in [2.24, 2.45) is 0 Å². The summed E-state index contributed by atoms with van der Waals surface area (Å²) in [5.74, 6) is 0. The highest BCUT2D eigenvalue weighted by Crippen LogP contribution is 1.89. The van der Waals surface area contributed by atoms with Gasteiger partial charge in [-0.05, 0) is 6.16 Å². The van der Waals surface area contributed by atoms with E-state index in [0.717, 1.165) is 6.16 Å². The molecule has 0 aromatic carbocycles. The van der Waals surface area contributed by atoms with E-state index in [9.17, 15) is 0 Å². The molecular weight excluding hydrogens is 79.0 g/mol. The maximum atomic E-state index is 6.73. The number of rotatable bonds is 3. The fraction of sp³-hybridized carbons (Fsp3) is 1.00. The minimum Gasteiger partial charge on any atom is -0.138 e. The Labute approximate surface area is 37.4 Å². The minimum atomic E-state index is 0.415. The van der Waals surface area contributed by atoms with Crippen LogP contribution in [0, 0.1) is 0 Å². The highest BCUT2D eigenvalue weighted by atomic mass is 31.0. The summed E-state index contributed by atoms with van der Waals surface area (Å²) in [6.07, 6.45) is 3.59. The molecular formula is C4H11P. The quantitative estimate of drug-likeness (QED) is 0.366. The predicted molar refractivity (Wildman–Crippen MR) is 29.5 cm³/mol. The Morgan fingerprint density at radius 1 is 2.00 bits per heavy atom. The highest BCUT2D eigenvalue weighted by Gasteiger charge is 1.68. The molecule has 0 N–H and O–H groups in total. The van der Waals surface area contributed by atoms with E-state index in [1.54, 1.807) is 0 Å². The zero-order valence-corrected chi connectivity index (χ0v) is 4.62. The standard InChI is InChI=1S/C4H11P/c1-2-3-4-5/h2-5H2,1H3/i5D. The van der Waals surface area contributed by atoms with Gasteiger partial charge in [0.2, 0.25) is 0 Å². The van der Waals surface area contributed by atoms with Gasteiger partial charge in [-0.25, -0.2) is 0 Å². The lowest BCUT2D eigenvalue weighted by atomic mass is 10.4. The molecule has 0 heterocycles. The van der Waals surface area contributed by atoms with E-state index in [-0.39, 0.29) is 0 Å². The second-order valence-corrected chi connectivity index (χ2v) is 1.60. The third-order valence-corrected chi connectivity index (χ3v) is 0.884. The molecule has 0 aromatic heterocycles. The van der Waals surface area contributed by atoms with Crippen LogP contribution in [0.15, 0.2) is 0 Å². The van der Waals surface area contributed by atoms with Crippen molar-refractivity contribution in [3.05, 3.63) is 0 Å². The summed E-state index contributed by atoms with van der Waals surface area (Å²) in [5.41, 5.74) is 0. The van der Waals surface area contributed by atoms with Gasteiger partial charge in [0.05, 0.1) is 1.28 Å². The summed E-state index contributed by atoms with van der Waals surface area (Å²) in [6, 6.07) is 0. The van der Waals surface area contributed by atoms with Crippen LogP contribution in [-0.2, 0) is 0 Å². The lowest BCUT2D eigenvalue weighted by molar-refractivity contribution is 0.897. The van der Waals surface area contributed by atoms with Crippen LogP contribution in [-0.4, -0.2) is 7.44 Å². The summed E-state index contributed by atoms with van der Waals surface area (Å²) in [6.45, 7) is 2.15. The van der Waals surface area contributed by atoms with Crippen molar-refractivity contribution in [1.29, 1.82) is 1.28 Å². The molecule has 0 amide bonds. The number of hydrogen-bond donors (Lipinski definition) is 0. The lowest BCUT2D eigenvalue weighted by Gasteiger charge is -1.79. The van der Waals surface area contributed by atoms with Gasteiger partial charge in [-0.3, -0.25) is 0 Å². The van der Waals surface area contributed by atoms with Gasteiger partial charge in [0.1, 0.15) is 0 Å². The van der Waals surface area contributed by atoms with Crippen LogP contribution >= 0.6 is 9.18 Å². The fourth-order valence-corrected chi connectivity index (χ4v) is 0.530. The largest absolute Gasteiger partial charge is 0.138 e. The van der Waals surface area contributed by atoms with E-state index in [0.29, 0.717) is 9.18 Å². The van der Waals surface area contributed by atoms with Crippen molar-refractivity contribution in [1.82, 2.24) is 0 Å². The molecule has 0 saturated heterocycles. The molecule has 1 atom stereocenters. The van der Waals surface area contributed by atoms with E-state index < -0.39 is 0 Å². The molecule has 5 heavy (non-hydrogen) atoms. The normalized spacial score (nSPS) is 13.4. The van der Waals surface area contributed by atoms with Gasteiger partial charge in [0.15, 0.2) is 0 Å². The SMILES string of the molecule is [2H]PCCCC. The third kappa shape index (κ3) is 4.43. The van der Waals surface area contributed by atoms with E-state index in [1.165, 1.54) is 12.8 Å². The van der Waals surface area contributed by atoms with Gasteiger partial charge in [-0.2, -0.15) is 0 Å². The van der Waals surface area contributed by atoms with E-state index in [4.69, 9.17) is 1.28 Å². The first-order valence-electron chi connectivity index (χ1n) is 2.56. The molecule has 1 unspecified atom stereocenters. The van der Waals surface area contributed by atoms with Gasteiger partial charge in [-0.1, -0.05) is 19.8 Å². The van der Waals surface area contributed by atoms with Crippen molar-refractivity contribution in [2.75, 3.05) is 6.16 Å². The van der Waals surface area contributed by atoms with Crippen LogP contribution < -0.4 is 0 Å². The molecule has 0 aliphatic rings. The smallest absolute Gasteiger partial charge is 0.0546 e. The molecule has 0 spiro atoms. The van der Waals surface area contributed by atoms with Crippen molar-refractivity contribution in [3.8, 4) is 0 Å². The van der Waals surface area contributed by atoms with E-state index in [2.05, 4.69) is 6.92 Å². The molecule has 0 aliphatic carbocycles. The number of unbranched alkanes of at least 4 members (excludes halogenated alkanes) is 1. The molecule has 0 aliphatic heterocycles. The predicted octanol–water partition coefficient (Wildman–Crippen LogP) is 1.66. The van der Waals surface area contributed by atoms with Gasteiger partial charge in [-0.15, -0.1) is 9.18 Å². The summed E-state index contributed by atoms with van der Waals surface area (Å²) in [7, 11) is 0.415. The topological polar surface area (TPSA) is 0 Å². The Morgan fingerprint density at radius 3 is 3.00 bits per heavy atom. The molecule has 32 valence electrons. The van der Waals surface area contributed by atoms with Gasteiger partial charge in [0.25, 0.3) is 0 Å². The van der Waals surface area contributed by atoms with Gasteiger partial charge >= 0.3 is 0 Å². The molecule has 0 aromatic rings. The summed E-state index contributed by atoms with van der Waals surface area (Å²) >= 11 is 0. The third-order valence-electron chi connectivity index (χ3n) is 0.530. The Hall–Kier alpha value is 0.430. The maximum absolute atomic E-state index is 6.73. The van der Waals surface area contributed by atoms with E-state index >= 15 is 0 Å². The van der Waals surface area contributed by atoms with Crippen LogP contribution in [0.1, 0.15) is 19.8 Å². The summed E-state index contributed by atoms with van der Waals surface area (Å²) < 4.78 is 6.73. The highest BCUT2D eigenvalue weighted by molar-refractivity contribution is 7.16. The summed E-state index contributed by atoms with van der Waals surface area (Å²) in [4.78, 5) is 0. The average Bonchev–Trinajstić information content (AvgIpc) is 1.61. The van der Waals surface area contributed by atoms with Crippen LogP contribution in [0.25, 0.3) is 0 Å². The minimum absolute atomic E-state index is 0.415. The van der Waals surface area contributed by atoms with E-state index in [1.807, 2.05) is 0 Å². The monoisotopic (exact) mass is 91.1 g/mol. The first-order valence-corrected chi connectivity index (χ1v) is 2.77. The van der Waals surface area contributed by atoms with Crippen LogP contribution in [0.5, 0.6) is 0 Å². The first kappa shape index (κ1) is 3.61. The molecule has 0 radical (unpaired) electrons. The van der Waals surface area contributed by atoms with Crippen molar-refractivity contribution in [3.63, 3.8) is 0 Å². The second-order valence-electron chi connectivity index (χ2n) is 1.10. The Balaban J connectivity index is 2.34. The second kappa shape index (κ2) is 4.43. The van der Waals surface area contributed by atoms with Crippen molar-refractivity contribution in [2.45, 2.75) is 19.8 Å². The zero-order chi connectivity index (χ0) is 4.83. The van der Waals surface area contributed by atoms with Gasteiger partial charge in [0, 0.05) is 0 Å². The lowest BCUT2D eigenvalue weighted by Crippen LogP contribution is -1.64. The van der Waals surface area contributed by atoms with Crippen molar-refractivity contribution < 1.29 is 0 Å². The average molecular weight is 91.1 g/mol. The molecule has 0 fully saturated rings. The fourth-order valence-electron chi connectivity index (χ4n) is 0.177. The zero-order valence-electron chi connectivity index (χ0n) is 4.62. The maximum Gasteiger partial charge on any atom is 0.0546 e. The molecule has 0 rings (SSSR count). The Kier molecular flexibility index (Phi) is 3.20. The summed E-state index contributed by atoms with van der Waals surface area (Å²) in [5, 5.41) is 0. The molecule has 0 saturated carbocycles. The first-order chi connectivity index (χ1) is 2.91. The van der Waals surface area contributed by atoms with Crippen LogP contribution in [0.2, 0.25) is 0 Å². The van der Waals surface area contributed by atoms with Crippen molar-refractivity contribution >= 4 is 9.18 Å². The Bertz CT molecular complexity index is 19.5. The van der Waals surface area contributed by atoms with Crippen LogP contribution in [0.3, 0.4) is 0 Å². The molecule has 0 nitrogen and oxygen atoms in total.